The average molecular weight is 148 g/mol. The van der Waals surface area contributed by atoms with E-state index in [1.165, 1.54) is 7.11 Å². The van der Waals surface area contributed by atoms with Crippen LogP contribution in [0.1, 0.15) is 11.1 Å². The molecule has 0 aliphatic rings. The van der Waals surface area contributed by atoms with Crippen LogP contribution >= 0.6 is 0 Å². The monoisotopic (exact) mass is 148 g/mol. The van der Waals surface area contributed by atoms with Gasteiger partial charge in [0.05, 0.1) is 7.11 Å². The van der Waals surface area contributed by atoms with Crippen molar-refractivity contribution in [2.75, 3.05) is 7.11 Å². The molecule has 0 atom stereocenters. The van der Waals surface area contributed by atoms with Crippen molar-refractivity contribution in [3.05, 3.63) is 23.4 Å². The van der Waals surface area contributed by atoms with E-state index in [0.29, 0.717) is 11.4 Å². The Kier molecular flexibility index (Phi) is 2.07. The number of pyridine rings is 1. The Morgan fingerprint density at radius 3 is 2.91 bits per heavy atom. The minimum Gasteiger partial charge on any atom is -0.480 e. The van der Waals surface area contributed by atoms with Crippen LogP contribution in [0.15, 0.2) is 12.3 Å². The molecule has 56 valence electrons. The van der Waals surface area contributed by atoms with Crippen LogP contribution in [0, 0.1) is 18.3 Å². The number of methoxy groups -OCH3 is 1. The molecule has 0 aliphatic heterocycles. The molecule has 0 amide bonds. The van der Waals surface area contributed by atoms with E-state index in [0.717, 1.165) is 5.56 Å². The largest absolute Gasteiger partial charge is 0.480 e. The molecule has 1 aromatic rings. The molecular weight excluding hydrogens is 140 g/mol. The first kappa shape index (κ1) is 7.55. The van der Waals surface area contributed by atoms with Crippen LogP contribution in [0.25, 0.3) is 0 Å². The number of aryl methyl sites for hydroxylation is 1. The van der Waals surface area contributed by atoms with Gasteiger partial charge in [-0.3, -0.25) is 0 Å². The number of hydrogen-bond acceptors (Lipinski definition) is 3. The van der Waals surface area contributed by atoms with Gasteiger partial charge in [0.2, 0.25) is 5.88 Å². The highest BCUT2D eigenvalue weighted by atomic mass is 16.5. The van der Waals surface area contributed by atoms with Gasteiger partial charge in [-0.2, -0.15) is 5.26 Å². The van der Waals surface area contributed by atoms with E-state index >= 15 is 0 Å². The predicted molar refractivity (Wildman–Crippen MR) is 40.2 cm³/mol. The molecule has 1 heterocycles. The quantitative estimate of drug-likeness (QED) is 0.602. The van der Waals surface area contributed by atoms with E-state index in [4.69, 9.17) is 10.00 Å². The zero-order chi connectivity index (χ0) is 8.27. The molecule has 0 N–H and O–H groups in total. The van der Waals surface area contributed by atoms with Gasteiger partial charge in [-0.25, -0.2) is 4.98 Å². The van der Waals surface area contributed by atoms with Crippen LogP contribution in [0.3, 0.4) is 0 Å². The molecule has 3 nitrogen and oxygen atoms in total. The number of ether oxygens (including phenoxy) is 1. The van der Waals surface area contributed by atoms with Crippen molar-refractivity contribution in [3.8, 4) is 11.9 Å². The number of hydrogen-bond donors (Lipinski definition) is 0. The summed E-state index contributed by atoms with van der Waals surface area (Å²) in [5.74, 6) is 0.387. The van der Waals surface area contributed by atoms with E-state index < -0.39 is 0 Å². The second kappa shape index (κ2) is 3.02. The van der Waals surface area contributed by atoms with Crippen molar-refractivity contribution in [2.45, 2.75) is 6.92 Å². The molecule has 0 saturated heterocycles. The molecule has 1 rings (SSSR count). The first-order chi connectivity index (χ1) is 5.27. The van der Waals surface area contributed by atoms with Crippen molar-refractivity contribution < 1.29 is 4.74 Å². The summed E-state index contributed by atoms with van der Waals surface area (Å²) in [6.07, 6.45) is 1.67. The number of rotatable bonds is 1. The summed E-state index contributed by atoms with van der Waals surface area (Å²) in [7, 11) is 1.50. The van der Waals surface area contributed by atoms with Crippen LogP contribution in [0.2, 0.25) is 0 Å². The lowest BCUT2D eigenvalue weighted by atomic mass is 10.2. The Morgan fingerprint density at radius 2 is 2.36 bits per heavy atom. The minimum absolute atomic E-state index is 0.387. The Labute approximate surface area is 65.3 Å². The van der Waals surface area contributed by atoms with Crippen molar-refractivity contribution in [3.63, 3.8) is 0 Å². The normalized spacial score (nSPS) is 8.82. The third-order valence-electron chi connectivity index (χ3n) is 1.30. The lowest BCUT2D eigenvalue weighted by Crippen LogP contribution is -1.91. The standard InChI is InChI=1S/C8H8N2O/c1-6-3-7(4-9)8(11-2)10-5-6/h3,5H,1-2H3. The average Bonchev–Trinajstić information content (AvgIpc) is 2.04. The van der Waals surface area contributed by atoms with Crippen molar-refractivity contribution in [1.82, 2.24) is 4.98 Å². The van der Waals surface area contributed by atoms with Gasteiger partial charge >= 0.3 is 0 Å². The van der Waals surface area contributed by atoms with E-state index in [2.05, 4.69) is 4.98 Å². The topological polar surface area (TPSA) is 45.9 Å². The molecular formula is C8H8N2O. The van der Waals surface area contributed by atoms with E-state index in [1.54, 1.807) is 12.3 Å². The summed E-state index contributed by atoms with van der Waals surface area (Å²) in [5, 5.41) is 8.60. The highest BCUT2D eigenvalue weighted by molar-refractivity contribution is 5.39. The molecule has 0 aromatic carbocycles. The second-order valence-corrected chi connectivity index (χ2v) is 2.18. The number of aromatic nitrogens is 1. The van der Waals surface area contributed by atoms with Gasteiger partial charge in [-0.15, -0.1) is 0 Å². The lowest BCUT2D eigenvalue weighted by molar-refractivity contribution is 0.396. The molecule has 0 fully saturated rings. The third-order valence-corrected chi connectivity index (χ3v) is 1.30. The highest BCUT2D eigenvalue weighted by Gasteiger charge is 2.01. The molecule has 0 saturated carbocycles. The van der Waals surface area contributed by atoms with Crippen LogP contribution in [-0.4, -0.2) is 12.1 Å². The third kappa shape index (κ3) is 1.47. The van der Waals surface area contributed by atoms with Crippen molar-refractivity contribution >= 4 is 0 Å². The fourth-order valence-electron chi connectivity index (χ4n) is 0.799. The van der Waals surface area contributed by atoms with Gasteiger partial charge in [-0.05, 0) is 18.6 Å². The Hall–Kier alpha value is -1.56. The maximum atomic E-state index is 8.60. The molecule has 3 heteroatoms. The zero-order valence-electron chi connectivity index (χ0n) is 6.46. The molecule has 0 spiro atoms. The summed E-state index contributed by atoms with van der Waals surface area (Å²) in [6.45, 7) is 1.88. The maximum absolute atomic E-state index is 8.60. The SMILES string of the molecule is COc1ncc(C)cc1C#N. The highest BCUT2D eigenvalue weighted by Crippen LogP contribution is 2.13. The van der Waals surface area contributed by atoms with E-state index in [-0.39, 0.29) is 0 Å². The maximum Gasteiger partial charge on any atom is 0.231 e. The van der Waals surface area contributed by atoms with Gasteiger partial charge in [0.25, 0.3) is 0 Å². The summed E-state index contributed by atoms with van der Waals surface area (Å²) in [4.78, 5) is 3.92. The Balaban J connectivity index is 3.19. The molecule has 11 heavy (non-hydrogen) atoms. The minimum atomic E-state index is 0.387. The zero-order valence-corrected chi connectivity index (χ0v) is 6.46. The lowest BCUT2D eigenvalue weighted by Gasteiger charge is -2.00. The second-order valence-electron chi connectivity index (χ2n) is 2.18. The van der Waals surface area contributed by atoms with Gasteiger partial charge in [0.1, 0.15) is 11.6 Å². The first-order valence-electron chi connectivity index (χ1n) is 3.18. The van der Waals surface area contributed by atoms with Crippen LogP contribution < -0.4 is 4.74 Å². The first-order valence-corrected chi connectivity index (χ1v) is 3.18. The van der Waals surface area contributed by atoms with Gasteiger partial charge < -0.3 is 4.74 Å². The number of nitriles is 1. The van der Waals surface area contributed by atoms with Crippen LogP contribution in [0.5, 0.6) is 5.88 Å². The number of nitrogens with zero attached hydrogens (tertiary/aromatic N) is 2. The van der Waals surface area contributed by atoms with E-state index in [9.17, 15) is 0 Å². The van der Waals surface area contributed by atoms with Crippen LogP contribution in [0.4, 0.5) is 0 Å². The smallest absolute Gasteiger partial charge is 0.231 e. The fourth-order valence-corrected chi connectivity index (χ4v) is 0.799. The molecule has 1 aromatic heterocycles. The molecule has 0 bridgehead atoms. The fraction of sp³-hybridized carbons (Fsp3) is 0.250. The summed E-state index contributed by atoms with van der Waals surface area (Å²) in [5.41, 5.74) is 1.44. The Morgan fingerprint density at radius 1 is 1.64 bits per heavy atom. The summed E-state index contributed by atoms with van der Waals surface area (Å²) in [6, 6.07) is 3.74. The Bertz CT molecular complexity index is 301. The summed E-state index contributed by atoms with van der Waals surface area (Å²) < 4.78 is 4.86. The molecule has 0 unspecified atom stereocenters. The van der Waals surface area contributed by atoms with Gasteiger partial charge in [0, 0.05) is 6.20 Å². The van der Waals surface area contributed by atoms with Crippen LogP contribution in [-0.2, 0) is 0 Å². The molecule has 0 aliphatic carbocycles. The van der Waals surface area contributed by atoms with Gasteiger partial charge in [0.15, 0.2) is 0 Å². The molecule has 0 radical (unpaired) electrons. The van der Waals surface area contributed by atoms with Crippen molar-refractivity contribution in [1.29, 1.82) is 5.26 Å². The predicted octanol–water partition coefficient (Wildman–Crippen LogP) is 1.27. The summed E-state index contributed by atoms with van der Waals surface area (Å²) >= 11 is 0. The van der Waals surface area contributed by atoms with Crippen molar-refractivity contribution in [2.24, 2.45) is 0 Å². The van der Waals surface area contributed by atoms with E-state index in [1.807, 2.05) is 13.0 Å². The van der Waals surface area contributed by atoms with Gasteiger partial charge in [-0.1, -0.05) is 0 Å².